The number of rotatable bonds is 6. The van der Waals surface area contributed by atoms with Crippen LogP contribution in [0.3, 0.4) is 0 Å². The molecule has 22 heavy (non-hydrogen) atoms. The lowest BCUT2D eigenvalue weighted by Crippen LogP contribution is -2.20. The van der Waals surface area contributed by atoms with E-state index < -0.39 is 11.9 Å². The molecule has 1 aromatic carbocycles. The van der Waals surface area contributed by atoms with Gasteiger partial charge in [-0.15, -0.1) is 0 Å². The quantitative estimate of drug-likeness (QED) is 0.828. The second-order valence-electron chi connectivity index (χ2n) is 5.03. The van der Waals surface area contributed by atoms with Gasteiger partial charge in [0.1, 0.15) is 0 Å². The van der Waals surface area contributed by atoms with Crippen LogP contribution in [0.25, 0.3) is 0 Å². The van der Waals surface area contributed by atoms with Crippen LogP contribution < -0.4 is 5.32 Å². The number of carbonyl (C=O) groups excluding carboxylic acids is 2. The number of anilines is 1. The van der Waals surface area contributed by atoms with Crippen molar-refractivity contribution in [3.63, 3.8) is 0 Å². The van der Waals surface area contributed by atoms with Gasteiger partial charge in [-0.3, -0.25) is 4.79 Å². The molecule has 2 aromatic rings. The third-order valence-electron chi connectivity index (χ3n) is 3.43. The van der Waals surface area contributed by atoms with E-state index in [0.717, 1.165) is 6.42 Å². The molecule has 1 amide bonds. The maximum absolute atomic E-state index is 11.7. The van der Waals surface area contributed by atoms with E-state index in [1.165, 1.54) is 17.9 Å². The molecular weight excluding hydrogens is 282 g/mol. The lowest BCUT2D eigenvalue weighted by molar-refractivity contribution is -0.119. The molecule has 0 bridgehead atoms. The number of carbonyl (C=O) groups is 2. The first kappa shape index (κ1) is 15.8. The minimum atomic E-state index is -0.660. The molecule has 0 aliphatic carbocycles. The predicted molar refractivity (Wildman–Crippen MR) is 82.8 cm³/mol. The van der Waals surface area contributed by atoms with Gasteiger partial charge in [0.05, 0.1) is 6.26 Å². The van der Waals surface area contributed by atoms with E-state index in [4.69, 9.17) is 9.15 Å². The molecule has 0 unspecified atom stereocenters. The summed E-state index contributed by atoms with van der Waals surface area (Å²) in [6.45, 7) is 3.93. The Morgan fingerprint density at radius 3 is 2.55 bits per heavy atom. The molecule has 0 saturated heterocycles. The Kier molecular flexibility index (Phi) is 5.36. The molecule has 116 valence electrons. The summed E-state index contributed by atoms with van der Waals surface area (Å²) in [4.78, 5) is 23.3. The SMILES string of the molecule is CC[C@H](C)c1ccc(NC(=O)COC(=O)c2ccco2)cc1. The Morgan fingerprint density at radius 1 is 1.23 bits per heavy atom. The molecule has 2 rings (SSSR count). The average molecular weight is 301 g/mol. The molecular formula is C17H19NO4. The Morgan fingerprint density at radius 2 is 1.95 bits per heavy atom. The number of benzene rings is 1. The van der Waals surface area contributed by atoms with Crippen molar-refractivity contribution in [2.75, 3.05) is 11.9 Å². The highest BCUT2D eigenvalue weighted by atomic mass is 16.5. The summed E-state index contributed by atoms with van der Waals surface area (Å²) in [5.41, 5.74) is 1.90. The number of furan rings is 1. The van der Waals surface area contributed by atoms with Crippen LogP contribution in [0.5, 0.6) is 0 Å². The second kappa shape index (κ2) is 7.45. The molecule has 5 nitrogen and oxygen atoms in total. The normalized spacial score (nSPS) is 11.7. The molecule has 0 aliphatic rings. The average Bonchev–Trinajstić information content (AvgIpc) is 3.07. The van der Waals surface area contributed by atoms with Crippen LogP contribution in [0, 0.1) is 0 Å². The Hall–Kier alpha value is -2.56. The van der Waals surface area contributed by atoms with Crippen LogP contribution in [-0.4, -0.2) is 18.5 Å². The third kappa shape index (κ3) is 4.22. The van der Waals surface area contributed by atoms with Crippen molar-refractivity contribution in [3.8, 4) is 0 Å². The predicted octanol–water partition coefficient (Wildman–Crippen LogP) is 3.59. The molecule has 0 saturated carbocycles. The highest BCUT2D eigenvalue weighted by molar-refractivity contribution is 5.94. The summed E-state index contributed by atoms with van der Waals surface area (Å²) in [5.74, 6) is -0.492. The van der Waals surface area contributed by atoms with Crippen LogP contribution >= 0.6 is 0 Å². The number of hydrogen-bond donors (Lipinski definition) is 1. The van der Waals surface area contributed by atoms with Crippen molar-refractivity contribution in [1.29, 1.82) is 0 Å². The maximum Gasteiger partial charge on any atom is 0.374 e. The van der Waals surface area contributed by atoms with Crippen LogP contribution in [0.15, 0.2) is 47.1 Å². The lowest BCUT2D eigenvalue weighted by Gasteiger charge is -2.10. The molecule has 0 spiro atoms. The van der Waals surface area contributed by atoms with E-state index in [2.05, 4.69) is 19.2 Å². The fraction of sp³-hybridized carbons (Fsp3) is 0.294. The molecule has 5 heteroatoms. The maximum atomic E-state index is 11.7. The number of amides is 1. The molecule has 0 aliphatic heterocycles. The Bertz CT molecular complexity index is 617. The van der Waals surface area contributed by atoms with E-state index in [1.807, 2.05) is 24.3 Å². The fourth-order valence-corrected chi connectivity index (χ4v) is 1.92. The fourth-order valence-electron chi connectivity index (χ4n) is 1.92. The van der Waals surface area contributed by atoms with E-state index in [0.29, 0.717) is 11.6 Å². The summed E-state index contributed by atoms with van der Waals surface area (Å²) < 4.78 is 9.74. The van der Waals surface area contributed by atoms with Crippen LogP contribution in [0.4, 0.5) is 5.69 Å². The minimum Gasteiger partial charge on any atom is -0.457 e. The van der Waals surface area contributed by atoms with Crippen LogP contribution in [0.2, 0.25) is 0 Å². The number of hydrogen-bond acceptors (Lipinski definition) is 4. The van der Waals surface area contributed by atoms with Crippen molar-refractivity contribution >= 4 is 17.6 Å². The van der Waals surface area contributed by atoms with Crippen molar-refractivity contribution in [1.82, 2.24) is 0 Å². The number of nitrogens with one attached hydrogen (secondary N) is 1. The molecule has 0 radical (unpaired) electrons. The van der Waals surface area contributed by atoms with Crippen molar-refractivity contribution < 1.29 is 18.7 Å². The van der Waals surface area contributed by atoms with E-state index in [9.17, 15) is 9.59 Å². The second-order valence-corrected chi connectivity index (χ2v) is 5.03. The molecule has 1 aromatic heterocycles. The highest BCUT2D eigenvalue weighted by Crippen LogP contribution is 2.20. The van der Waals surface area contributed by atoms with Gasteiger partial charge in [-0.25, -0.2) is 4.79 Å². The summed E-state index contributed by atoms with van der Waals surface area (Å²) in [6, 6.07) is 10.7. The summed E-state index contributed by atoms with van der Waals surface area (Å²) in [7, 11) is 0. The van der Waals surface area contributed by atoms with Crippen LogP contribution in [-0.2, 0) is 9.53 Å². The Labute approximate surface area is 129 Å². The van der Waals surface area contributed by atoms with Crippen molar-refractivity contribution in [2.45, 2.75) is 26.2 Å². The number of ether oxygens (including phenoxy) is 1. The van der Waals surface area contributed by atoms with E-state index in [1.54, 1.807) is 6.07 Å². The highest BCUT2D eigenvalue weighted by Gasteiger charge is 2.12. The third-order valence-corrected chi connectivity index (χ3v) is 3.43. The van der Waals surface area contributed by atoms with Gasteiger partial charge in [0.15, 0.2) is 6.61 Å². The van der Waals surface area contributed by atoms with Gasteiger partial charge in [-0.05, 0) is 42.2 Å². The zero-order valence-corrected chi connectivity index (χ0v) is 12.7. The Balaban J connectivity index is 1.83. The summed E-state index contributed by atoms with van der Waals surface area (Å²) in [6.07, 6.45) is 2.43. The van der Waals surface area contributed by atoms with Gasteiger partial charge in [0.2, 0.25) is 5.76 Å². The topological polar surface area (TPSA) is 68.5 Å². The van der Waals surface area contributed by atoms with Gasteiger partial charge in [-0.2, -0.15) is 0 Å². The number of esters is 1. The first-order valence-electron chi connectivity index (χ1n) is 7.20. The van der Waals surface area contributed by atoms with Gasteiger partial charge < -0.3 is 14.5 Å². The zero-order valence-electron chi connectivity index (χ0n) is 12.7. The van der Waals surface area contributed by atoms with Gasteiger partial charge in [-0.1, -0.05) is 26.0 Å². The van der Waals surface area contributed by atoms with E-state index >= 15 is 0 Å². The smallest absolute Gasteiger partial charge is 0.374 e. The van der Waals surface area contributed by atoms with Gasteiger partial charge in [0.25, 0.3) is 5.91 Å². The van der Waals surface area contributed by atoms with Gasteiger partial charge in [0, 0.05) is 5.69 Å². The van der Waals surface area contributed by atoms with E-state index in [-0.39, 0.29) is 12.4 Å². The minimum absolute atomic E-state index is 0.0747. The molecule has 1 N–H and O–H groups in total. The zero-order chi connectivity index (χ0) is 15.9. The monoisotopic (exact) mass is 301 g/mol. The summed E-state index contributed by atoms with van der Waals surface area (Å²) >= 11 is 0. The van der Waals surface area contributed by atoms with Gasteiger partial charge >= 0.3 is 5.97 Å². The first-order chi connectivity index (χ1) is 10.6. The standard InChI is InChI=1S/C17H19NO4/c1-3-12(2)13-6-8-14(9-7-13)18-16(19)11-22-17(20)15-5-4-10-21-15/h4-10,12H,3,11H2,1-2H3,(H,18,19)/t12-/m0/s1. The lowest BCUT2D eigenvalue weighted by atomic mass is 9.99. The molecule has 1 heterocycles. The summed E-state index contributed by atoms with van der Waals surface area (Å²) in [5, 5.41) is 2.68. The van der Waals surface area contributed by atoms with Crippen LogP contribution in [0.1, 0.15) is 42.3 Å². The molecule has 1 atom stereocenters. The first-order valence-corrected chi connectivity index (χ1v) is 7.20. The van der Waals surface area contributed by atoms with Crippen molar-refractivity contribution in [2.24, 2.45) is 0 Å². The molecule has 0 fully saturated rings. The van der Waals surface area contributed by atoms with Crippen molar-refractivity contribution in [3.05, 3.63) is 54.0 Å². The largest absolute Gasteiger partial charge is 0.457 e.